The third kappa shape index (κ3) is 3.18. The topological polar surface area (TPSA) is 49.8 Å². The Morgan fingerprint density at radius 3 is 2.91 bits per heavy atom. The van der Waals surface area contributed by atoms with Crippen LogP contribution in [0, 0.1) is 5.41 Å². The van der Waals surface area contributed by atoms with Gasteiger partial charge in [-0.25, -0.2) is 9.98 Å². The van der Waals surface area contributed by atoms with Gasteiger partial charge in [-0.15, -0.1) is 0 Å². The number of methoxy groups -OCH3 is 1. The van der Waals surface area contributed by atoms with Crippen LogP contribution in [-0.2, 0) is 6.54 Å². The lowest BCUT2D eigenvalue weighted by Crippen LogP contribution is -2.42. The summed E-state index contributed by atoms with van der Waals surface area (Å²) in [6, 6.07) is 5.81. The molecule has 1 aliphatic carbocycles. The van der Waals surface area contributed by atoms with E-state index in [2.05, 4.69) is 22.1 Å². The molecule has 1 saturated carbocycles. The van der Waals surface area contributed by atoms with Crippen LogP contribution in [0.1, 0.15) is 38.3 Å². The Hall–Kier alpha value is -1.78. The van der Waals surface area contributed by atoms with Gasteiger partial charge in [0.2, 0.25) is 5.88 Å². The molecule has 1 saturated heterocycles. The normalized spacial score (nSPS) is 20.1. The van der Waals surface area contributed by atoms with Gasteiger partial charge in [0.15, 0.2) is 5.96 Å². The number of likely N-dealkylation sites (tertiary alicyclic amines) is 1. The molecule has 0 bridgehead atoms. The zero-order valence-electron chi connectivity index (χ0n) is 13.6. The van der Waals surface area contributed by atoms with Crippen LogP contribution in [0.2, 0.25) is 0 Å². The van der Waals surface area contributed by atoms with E-state index in [1.54, 1.807) is 7.11 Å². The number of rotatable bonds is 4. The maximum absolute atomic E-state index is 5.17. The maximum atomic E-state index is 5.17. The van der Waals surface area contributed by atoms with Crippen molar-refractivity contribution in [1.82, 2.24) is 15.2 Å². The number of hydrogen-bond donors (Lipinski definition) is 1. The standard InChI is InChI=1S/C17H26N4O/c1-3-18-16(21-11-10-17(13-21)8-5-9-17)19-12-14-6-4-7-15(20-14)22-2/h4,6-7H,3,5,8-13H2,1-2H3,(H,18,19). The minimum absolute atomic E-state index is 0.586. The number of pyridine rings is 1. The number of nitrogens with one attached hydrogen (secondary N) is 1. The number of nitrogens with zero attached hydrogens (tertiary/aromatic N) is 3. The van der Waals surface area contributed by atoms with E-state index in [9.17, 15) is 0 Å². The fourth-order valence-corrected chi connectivity index (χ4v) is 3.44. The average Bonchev–Trinajstić information content (AvgIpc) is 2.97. The van der Waals surface area contributed by atoms with Crippen LogP contribution in [0.4, 0.5) is 0 Å². The minimum atomic E-state index is 0.586. The number of aliphatic imine (C=N–C) groups is 1. The molecule has 0 radical (unpaired) electrons. The van der Waals surface area contributed by atoms with E-state index in [1.165, 1.54) is 25.7 Å². The highest BCUT2D eigenvalue weighted by Gasteiger charge is 2.43. The minimum Gasteiger partial charge on any atom is -0.481 e. The summed E-state index contributed by atoms with van der Waals surface area (Å²) in [6.07, 6.45) is 5.49. The Morgan fingerprint density at radius 2 is 2.27 bits per heavy atom. The molecule has 1 N–H and O–H groups in total. The first-order valence-corrected chi connectivity index (χ1v) is 8.28. The molecule has 1 aliphatic heterocycles. The lowest BCUT2D eigenvalue weighted by molar-refractivity contribution is 0.151. The number of aromatic nitrogens is 1. The van der Waals surface area contributed by atoms with Crippen LogP contribution in [0.3, 0.4) is 0 Å². The van der Waals surface area contributed by atoms with Gasteiger partial charge in [0.25, 0.3) is 0 Å². The Kier molecular flexibility index (Phi) is 4.50. The molecular formula is C17H26N4O. The van der Waals surface area contributed by atoms with Gasteiger partial charge in [0.1, 0.15) is 0 Å². The third-order valence-corrected chi connectivity index (χ3v) is 4.87. The fourth-order valence-electron chi connectivity index (χ4n) is 3.44. The summed E-state index contributed by atoms with van der Waals surface area (Å²) in [7, 11) is 1.64. The quantitative estimate of drug-likeness (QED) is 0.685. The Bertz CT molecular complexity index is 539. The molecule has 5 nitrogen and oxygen atoms in total. The van der Waals surface area contributed by atoms with Gasteiger partial charge in [-0.05, 0) is 37.7 Å². The molecule has 2 fully saturated rings. The van der Waals surface area contributed by atoms with Crippen molar-refractivity contribution in [2.24, 2.45) is 10.4 Å². The molecule has 1 spiro atoms. The summed E-state index contributed by atoms with van der Waals surface area (Å²) in [5, 5.41) is 3.43. The summed E-state index contributed by atoms with van der Waals surface area (Å²) in [5.74, 6) is 1.67. The second-order valence-electron chi connectivity index (χ2n) is 6.37. The highest BCUT2D eigenvalue weighted by Crippen LogP contribution is 2.47. The van der Waals surface area contributed by atoms with Crippen molar-refractivity contribution in [3.63, 3.8) is 0 Å². The summed E-state index contributed by atoms with van der Waals surface area (Å²) < 4.78 is 5.17. The lowest BCUT2D eigenvalue weighted by atomic mass is 9.68. The SMILES string of the molecule is CCNC(=NCc1cccc(OC)n1)N1CCC2(CCC2)C1. The monoisotopic (exact) mass is 302 g/mol. The maximum Gasteiger partial charge on any atom is 0.213 e. The van der Waals surface area contributed by atoms with Crippen LogP contribution in [0.5, 0.6) is 5.88 Å². The molecule has 22 heavy (non-hydrogen) atoms. The molecule has 120 valence electrons. The number of ether oxygens (including phenoxy) is 1. The molecule has 0 unspecified atom stereocenters. The summed E-state index contributed by atoms with van der Waals surface area (Å²) in [6.45, 7) is 5.88. The van der Waals surface area contributed by atoms with Crippen molar-refractivity contribution >= 4 is 5.96 Å². The number of guanidine groups is 1. The largest absolute Gasteiger partial charge is 0.481 e. The molecule has 2 heterocycles. The number of hydrogen-bond acceptors (Lipinski definition) is 3. The van der Waals surface area contributed by atoms with Gasteiger partial charge in [-0.1, -0.05) is 12.5 Å². The zero-order valence-corrected chi connectivity index (χ0v) is 13.6. The van der Waals surface area contributed by atoms with Crippen molar-refractivity contribution in [3.8, 4) is 5.88 Å². The fraction of sp³-hybridized carbons (Fsp3) is 0.647. The molecule has 5 heteroatoms. The van der Waals surface area contributed by atoms with E-state index in [0.29, 0.717) is 17.8 Å². The van der Waals surface area contributed by atoms with Crippen LogP contribution in [0.15, 0.2) is 23.2 Å². The van der Waals surface area contributed by atoms with E-state index < -0.39 is 0 Å². The molecular weight excluding hydrogens is 276 g/mol. The van der Waals surface area contributed by atoms with Crippen molar-refractivity contribution in [3.05, 3.63) is 23.9 Å². The molecule has 0 aromatic carbocycles. The summed E-state index contributed by atoms with van der Waals surface area (Å²) in [4.78, 5) is 11.6. The van der Waals surface area contributed by atoms with Gasteiger partial charge in [-0.3, -0.25) is 0 Å². The average molecular weight is 302 g/mol. The van der Waals surface area contributed by atoms with Crippen molar-refractivity contribution in [2.75, 3.05) is 26.7 Å². The predicted octanol–water partition coefficient (Wildman–Crippen LogP) is 2.43. The first-order valence-electron chi connectivity index (χ1n) is 8.28. The van der Waals surface area contributed by atoms with Crippen LogP contribution in [0.25, 0.3) is 0 Å². The van der Waals surface area contributed by atoms with E-state index in [0.717, 1.165) is 31.3 Å². The second-order valence-corrected chi connectivity index (χ2v) is 6.37. The smallest absolute Gasteiger partial charge is 0.213 e. The van der Waals surface area contributed by atoms with Gasteiger partial charge >= 0.3 is 0 Å². The lowest BCUT2D eigenvalue weighted by Gasteiger charge is -2.38. The molecule has 2 aliphatic rings. The second kappa shape index (κ2) is 6.55. The zero-order chi connectivity index (χ0) is 15.4. The van der Waals surface area contributed by atoms with Crippen molar-refractivity contribution in [2.45, 2.75) is 39.2 Å². The Morgan fingerprint density at radius 1 is 1.41 bits per heavy atom. The first kappa shape index (κ1) is 15.1. The van der Waals surface area contributed by atoms with Crippen LogP contribution in [-0.4, -0.2) is 42.6 Å². The molecule has 0 atom stereocenters. The van der Waals surface area contributed by atoms with Gasteiger partial charge < -0.3 is 15.0 Å². The molecule has 1 aromatic heterocycles. The van der Waals surface area contributed by atoms with Crippen molar-refractivity contribution in [1.29, 1.82) is 0 Å². The van der Waals surface area contributed by atoms with Gasteiger partial charge in [0.05, 0.1) is 19.3 Å². The molecule has 1 aromatic rings. The third-order valence-electron chi connectivity index (χ3n) is 4.87. The van der Waals surface area contributed by atoms with Gasteiger partial charge in [-0.2, -0.15) is 0 Å². The highest BCUT2D eigenvalue weighted by molar-refractivity contribution is 5.80. The summed E-state index contributed by atoms with van der Waals surface area (Å²) in [5.41, 5.74) is 1.53. The summed E-state index contributed by atoms with van der Waals surface area (Å²) >= 11 is 0. The van der Waals surface area contributed by atoms with Crippen LogP contribution < -0.4 is 10.1 Å². The van der Waals surface area contributed by atoms with E-state index in [4.69, 9.17) is 9.73 Å². The Labute approximate surface area is 132 Å². The highest BCUT2D eigenvalue weighted by atomic mass is 16.5. The van der Waals surface area contributed by atoms with Crippen LogP contribution >= 0.6 is 0 Å². The van der Waals surface area contributed by atoms with E-state index in [1.807, 2.05) is 18.2 Å². The van der Waals surface area contributed by atoms with E-state index in [-0.39, 0.29) is 0 Å². The first-order chi connectivity index (χ1) is 10.7. The van der Waals surface area contributed by atoms with E-state index >= 15 is 0 Å². The molecule has 3 rings (SSSR count). The molecule has 0 amide bonds. The predicted molar refractivity (Wildman–Crippen MR) is 88.1 cm³/mol. The van der Waals surface area contributed by atoms with Crippen molar-refractivity contribution < 1.29 is 4.74 Å². The van der Waals surface area contributed by atoms with Gasteiger partial charge in [0, 0.05) is 25.7 Å². The Balaban J connectivity index is 1.67.